The van der Waals surface area contributed by atoms with Gasteiger partial charge in [0.05, 0.1) is 6.54 Å². The van der Waals surface area contributed by atoms with E-state index >= 15 is 0 Å². The number of nitrogens with two attached hydrogens (primary N) is 2. The molecular weight excluding hydrogens is 456 g/mol. The molecular formula is C23H30N6O4S. The number of carbonyl (C=O) groups is 1. The second kappa shape index (κ2) is 10.9. The molecule has 0 amide bonds. The van der Waals surface area contributed by atoms with E-state index in [1.54, 1.807) is 11.8 Å². The van der Waals surface area contributed by atoms with Crippen molar-refractivity contribution in [2.24, 2.45) is 5.73 Å². The number of ether oxygens (including phenoxy) is 3. The smallest absolute Gasteiger partial charge is 0.319 e. The van der Waals surface area contributed by atoms with Crippen molar-refractivity contribution in [2.75, 3.05) is 19.1 Å². The molecule has 34 heavy (non-hydrogen) atoms. The lowest BCUT2D eigenvalue weighted by atomic mass is 10.2. The standard InChI is InChI=1S/C16H17N5O2S.C7H13NO2/c1-3-4-21-15-13(14(17)18-7-19-15)20-16(21)24-12-6-11-10(5-9(12)2)22-8-23-11;8-5-7(9)10-6-3-1-2-4-6/h5-7H,3-4,8H2,1-2H3,(H2,17,18,19);6H,1-5,8H2. The Morgan fingerprint density at radius 2 is 1.97 bits per heavy atom. The van der Waals surface area contributed by atoms with Gasteiger partial charge in [0.1, 0.15) is 12.4 Å². The minimum absolute atomic E-state index is 0.0104. The topological polar surface area (TPSA) is 140 Å². The van der Waals surface area contributed by atoms with E-state index < -0.39 is 0 Å². The van der Waals surface area contributed by atoms with E-state index in [0.717, 1.165) is 58.6 Å². The van der Waals surface area contributed by atoms with Gasteiger partial charge in [-0.3, -0.25) is 4.79 Å². The van der Waals surface area contributed by atoms with E-state index in [-0.39, 0.29) is 25.4 Å². The van der Waals surface area contributed by atoms with Crippen LogP contribution in [0.3, 0.4) is 0 Å². The second-order valence-corrected chi connectivity index (χ2v) is 9.16. The van der Waals surface area contributed by atoms with Gasteiger partial charge >= 0.3 is 5.97 Å². The molecule has 1 fully saturated rings. The first-order chi connectivity index (χ1) is 16.5. The van der Waals surface area contributed by atoms with Gasteiger partial charge in [0.15, 0.2) is 33.6 Å². The summed E-state index contributed by atoms with van der Waals surface area (Å²) in [4.78, 5) is 24.7. The summed E-state index contributed by atoms with van der Waals surface area (Å²) < 4.78 is 18.0. The summed E-state index contributed by atoms with van der Waals surface area (Å²) in [6.45, 7) is 5.26. The Morgan fingerprint density at radius 1 is 1.24 bits per heavy atom. The number of anilines is 1. The highest BCUT2D eigenvalue weighted by atomic mass is 32.2. The predicted octanol–water partition coefficient (Wildman–Crippen LogP) is 3.44. The molecule has 2 aromatic heterocycles. The minimum Gasteiger partial charge on any atom is -0.461 e. The molecule has 3 aromatic rings. The molecule has 182 valence electrons. The fourth-order valence-electron chi connectivity index (χ4n) is 3.91. The van der Waals surface area contributed by atoms with Crippen molar-refractivity contribution in [1.29, 1.82) is 0 Å². The molecule has 10 nitrogen and oxygen atoms in total. The number of hydrogen-bond acceptors (Lipinski definition) is 10. The third-order valence-corrected chi connectivity index (χ3v) is 6.76. The van der Waals surface area contributed by atoms with Crippen LogP contribution in [0.4, 0.5) is 5.82 Å². The maximum absolute atomic E-state index is 10.6. The molecule has 0 unspecified atom stereocenters. The zero-order valence-corrected chi connectivity index (χ0v) is 20.3. The van der Waals surface area contributed by atoms with Gasteiger partial charge in [0.2, 0.25) is 6.79 Å². The number of fused-ring (bicyclic) bond motifs is 2. The van der Waals surface area contributed by atoms with Crippen molar-refractivity contribution in [3.8, 4) is 11.5 Å². The summed E-state index contributed by atoms with van der Waals surface area (Å²) >= 11 is 1.57. The molecule has 1 aliphatic heterocycles. The highest BCUT2D eigenvalue weighted by molar-refractivity contribution is 7.99. The Morgan fingerprint density at radius 3 is 2.68 bits per heavy atom. The molecule has 0 radical (unpaired) electrons. The molecule has 2 aliphatic rings. The third kappa shape index (κ3) is 5.36. The molecule has 5 rings (SSSR count). The van der Waals surface area contributed by atoms with Gasteiger partial charge in [-0.2, -0.15) is 0 Å². The van der Waals surface area contributed by atoms with Crippen LogP contribution in [0.5, 0.6) is 11.5 Å². The SMILES string of the molecule is CCCn1c(Sc2cc3c(cc2C)OCO3)nc2c(N)ncnc21.NCC(=O)OC1CCCC1. The quantitative estimate of drug-likeness (QED) is 0.498. The molecule has 0 atom stereocenters. The van der Waals surface area contributed by atoms with E-state index in [1.807, 2.05) is 19.1 Å². The first-order valence-electron chi connectivity index (χ1n) is 11.4. The van der Waals surface area contributed by atoms with Gasteiger partial charge in [-0.1, -0.05) is 18.7 Å². The number of benzene rings is 1. The average Bonchev–Trinajstić information content (AvgIpc) is 3.57. The van der Waals surface area contributed by atoms with E-state index in [2.05, 4.69) is 26.4 Å². The fourth-order valence-corrected chi connectivity index (χ4v) is 4.92. The van der Waals surface area contributed by atoms with Crippen molar-refractivity contribution in [3.63, 3.8) is 0 Å². The number of aromatic nitrogens is 4. The maximum Gasteiger partial charge on any atom is 0.319 e. The maximum atomic E-state index is 10.6. The monoisotopic (exact) mass is 486 g/mol. The molecule has 1 aliphatic carbocycles. The lowest BCUT2D eigenvalue weighted by molar-refractivity contribution is -0.146. The second-order valence-electron chi connectivity index (χ2n) is 8.15. The summed E-state index contributed by atoms with van der Waals surface area (Å²) in [5.74, 6) is 1.68. The molecule has 1 saturated carbocycles. The Kier molecular flexibility index (Phi) is 7.73. The Labute approximate surface area is 202 Å². The van der Waals surface area contributed by atoms with Crippen LogP contribution >= 0.6 is 11.8 Å². The van der Waals surface area contributed by atoms with Crippen LogP contribution in [0.15, 0.2) is 28.5 Å². The summed E-state index contributed by atoms with van der Waals surface area (Å²) in [5, 5.41) is 0.848. The zero-order chi connectivity index (χ0) is 24.1. The van der Waals surface area contributed by atoms with Crippen LogP contribution in [-0.2, 0) is 16.1 Å². The van der Waals surface area contributed by atoms with Crippen LogP contribution in [0.1, 0.15) is 44.6 Å². The van der Waals surface area contributed by atoms with Gasteiger partial charge in [-0.15, -0.1) is 0 Å². The number of hydrogen-bond donors (Lipinski definition) is 2. The average molecular weight is 487 g/mol. The first kappa shape index (κ1) is 24.1. The number of esters is 1. The van der Waals surface area contributed by atoms with Crippen molar-refractivity contribution < 1.29 is 19.0 Å². The van der Waals surface area contributed by atoms with E-state index in [1.165, 1.54) is 19.2 Å². The van der Waals surface area contributed by atoms with Crippen LogP contribution < -0.4 is 20.9 Å². The number of nitrogen functional groups attached to an aromatic ring is 1. The van der Waals surface area contributed by atoms with Gasteiger partial charge in [-0.25, -0.2) is 15.0 Å². The zero-order valence-electron chi connectivity index (χ0n) is 19.5. The summed E-state index contributed by atoms with van der Waals surface area (Å²) in [5.41, 5.74) is 13.6. The number of aryl methyl sites for hydroxylation is 2. The molecule has 1 aromatic carbocycles. The Bertz CT molecular complexity index is 1160. The minimum atomic E-state index is -0.271. The lowest BCUT2D eigenvalue weighted by Crippen LogP contribution is -2.21. The van der Waals surface area contributed by atoms with Gasteiger partial charge in [0.25, 0.3) is 0 Å². The van der Waals surface area contributed by atoms with Gasteiger partial charge < -0.3 is 30.2 Å². The van der Waals surface area contributed by atoms with Crippen molar-refractivity contribution in [1.82, 2.24) is 19.5 Å². The normalized spacial score (nSPS) is 14.8. The summed E-state index contributed by atoms with van der Waals surface area (Å²) in [6.07, 6.45) is 7.02. The summed E-state index contributed by atoms with van der Waals surface area (Å²) in [6, 6.07) is 3.98. The highest BCUT2D eigenvalue weighted by Gasteiger charge is 2.20. The van der Waals surface area contributed by atoms with E-state index in [0.29, 0.717) is 11.3 Å². The Hall–Kier alpha value is -3.05. The number of imidazole rings is 1. The van der Waals surface area contributed by atoms with Gasteiger partial charge in [-0.05, 0) is 56.7 Å². The predicted molar refractivity (Wildman–Crippen MR) is 129 cm³/mol. The summed E-state index contributed by atoms with van der Waals surface area (Å²) in [7, 11) is 0. The number of rotatable bonds is 6. The van der Waals surface area contributed by atoms with Gasteiger partial charge in [0, 0.05) is 11.4 Å². The number of carbonyl (C=O) groups excluding carboxylic acids is 1. The Balaban J connectivity index is 0.000000231. The van der Waals surface area contributed by atoms with Crippen molar-refractivity contribution >= 4 is 34.7 Å². The van der Waals surface area contributed by atoms with Crippen molar-refractivity contribution in [3.05, 3.63) is 24.0 Å². The molecule has 0 spiro atoms. The largest absolute Gasteiger partial charge is 0.461 e. The van der Waals surface area contributed by atoms with Crippen LogP contribution in [0, 0.1) is 6.92 Å². The molecule has 0 bridgehead atoms. The molecule has 11 heteroatoms. The third-order valence-electron chi connectivity index (χ3n) is 5.61. The fraction of sp³-hybridized carbons (Fsp3) is 0.478. The molecule has 4 N–H and O–H groups in total. The first-order valence-corrected chi connectivity index (χ1v) is 12.3. The van der Waals surface area contributed by atoms with E-state index in [9.17, 15) is 4.79 Å². The lowest BCUT2D eigenvalue weighted by Gasteiger charge is -2.09. The molecule has 0 saturated heterocycles. The van der Waals surface area contributed by atoms with Crippen LogP contribution in [0.2, 0.25) is 0 Å². The highest BCUT2D eigenvalue weighted by Crippen LogP contribution is 2.40. The van der Waals surface area contributed by atoms with Crippen LogP contribution in [0.25, 0.3) is 11.2 Å². The van der Waals surface area contributed by atoms with Crippen molar-refractivity contribution in [2.45, 2.75) is 68.7 Å². The number of nitrogens with zero attached hydrogens (tertiary/aromatic N) is 4. The molecule has 3 heterocycles. The van der Waals surface area contributed by atoms with Crippen LogP contribution in [-0.4, -0.2) is 44.9 Å². The van der Waals surface area contributed by atoms with E-state index in [4.69, 9.17) is 25.7 Å².